The molecule has 0 unspecified atom stereocenters. The number of carbonyl (C=O) groups excluding carboxylic acids is 1. The van der Waals surface area contributed by atoms with Gasteiger partial charge in [-0.2, -0.15) is 0 Å². The number of pyridine rings is 1. The predicted octanol–water partition coefficient (Wildman–Crippen LogP) is 7.87. The average molecular weight is 605 g/mol. The summed E-state index contributed by atoms with van der Waals surface area (Å²) in [6.07, 6.45) is 3.50. The number of primary amides is 1. The summed E-state index contributed by atoms with van der Waals surface area (Å²) >= 11 is 0. The summed E-state index contributed by atoms with van der Waals surface area (Å²) in [5, 5.41) is 9.06. The van der Waals surface area contributed by atoms with E-state index in [-0.39, 0.29) is 28.6 Å². The number of aromatic nitrogens is 2. The van der Waals surface area contributed by atoms with Gasteiger partial charge in [-0.25, -0.2) is 9.37 Å². The Labute approximate surface area is 263 Å². The van der Waals surface area contributed by atoms with Crippen LogP contribution in [0.2, 0.25) is 0 Å². The lowest BCUT2D eigenvalue weighted by atomic mass is 9.77. The van der Waals surface area contributed by atoms with Crippen molar-refractivity contribution in [3.8, 4) is 5.69 Å². The number of amides is 1. The van der Waals surface area contributed by atoms with Crippen molar-refractivity contribution in [2.45, 2.75) is 64.6 Å². The number of halogens is 1. The van der Waals surface area contributed by atoms with E-state index in [9.17, 15) is 9.18 Å². The fourth-order valence-electron chi connectivity index (χ4n) is 7.08. The molecule has 0 atom stereocenters. The van der Waals surface area contributed by atoms with Crippen molar-refractivity contribution in [2.24, 2.45) is 5.73 Å². The molecule has 5 aromatic rings. The molecule has 3 aromatic carbocycles. The number of nitrogens with zero attached hydrogens (tertiary/aromatic N) is 3. The number of rotatable bonds is 7. The van der Waals surface area contributed by atoms with Crippen LogP contribution in [-0.2, 0) is 0 Å². The maximum Gasteiger partial charge on any atom is 0.269 e. The van der Waals surface area contributed by atoms with E-state index in [0.29, 0.717) is 17.1 Å². The first kappa shape index (κ1) is 30.3. The molecule has 0 saturated carbocycles. The molecule has 1 aliphatic heterocycles. The highest BCUT2D eigenvalue weighted by Crippen LogP contribution is 2.40. The summed E-state index contributed by atoms with van der Waals surface area (Å²) in [4.78, 5) is 19.6. The summed E-state index contributed by atoms with van der Waals surface area (Å²) in [5.74, 6) is -0.885. The second-order valence-electron chi connectivity index (χ2n) is 13.5. The minimum Gasteiger partial charge on any atom is -0.380 e. The minimum atomic E-state index is -0.574. The molecule has 0 radical (unpaired) electrons. The third kappa shape index (κ3) is 5.44. The van der Waals surface area contributed by atoms with E-state index in [1.165, 1.54) is 12.1 Å². The maximum absolute atomic E-state index is 14.1. The van der Waals surface area contributed by atoms with Gasteiger partial charge in [0, 0.05) is 44.8 Å². The van der Waals surface area contributed by atoms with Gasteiger partial charge in [-0.1, -0.05) is 43.0 Å². The van der Waals surface area contributed by atoms with Crippen LogP contribution < -0.4 is 16.4 Å². The molecule has 7 nitrogen and oxygen atoms in total. The summed E-state index contributed by atoms with van der Waals surface area (Å²) < 4.78 is 16.2. The number of hydrogen-bond donors (Lipinski definition) is 3. The van der Waals surface area contributed by atoms with Crippen LogP contribution in [0.3, 0.4) is 0 Å². The van der Waals surface area contributed by atoms with Crippen LogP contribution in [0, 0.1) is 12.7 Å². The fraction of sp³-hybridized carbons (Fsp3) is 0.297. The molecule has 6 rings (SSSR count). The van der Waals surface area contributed by atoms with Crippen molar-refractivity contribution in [1.29, 1.82) is 0 Å². The zero-order chi connectivity index (χ0) is 32.3. The van der Waals surface area contributed by atoms with Crippen LogP contribution in [0.4, 0.5) is 15.8 Å². The van der Waals surface area contributed by atoms with Crippen molar-refractivity contribution in [1.82, 2.24) is 14.5 Å². The van der Waals surface area contributed by atoms with E-state index < -0.39 is 5.91 Å². The molecular formula is C37H41FN6O. The highest BCUT2D eigenvalue weighted by molar-refractivity contribution is 6.14. The summed E-state index contributed by atoms with van der Waals surface area (Å²) in [7, 11) is 2.17. The molecule has 232 valence electrons. The number of hydrogen-bond acceptors (Lipinski definition) is 5. The predicted molar refractivity (Wildman–Crippen MR) is 183 cm³/mol. The number of piperidine rings is 1. The summed E-state index contributed by atoms with van der Waals surface area (Å²) in [6.45, 7) is 15.3. The Morgan fingerprint density at radius 2 is 1.67 bits per heavy atom. The van der Waals surface area contributed by atoms with Crippen molar-refractivity contribution in [2.75, 3.05) is 17.7 Å². The van der Waals surface area contributed by atoms with Crippen LogP contribution in [0.1, 0.15) is 62.2 Å². The van der Waals surface area contributed by atoms with Gasteiger partial charge in [0.2, 0.25) is 0 Å². The minimum absolute atomic E-state index is 0.0406. The van der Waals surface area contributed by atoms with E-state index in [4.69, 9.17) is 5.73 Å². The largest absolute Gasteiger partial charge is 0.380 e. The van der Waals surface area contributed by atoms with Gasteiger partial charge in [0.1, 0.15) is 5.82 Å². The number of para-hydroxylation sites is 1. The standard InChI is InChI=1S/C37H41FN6O/c1-22-15-16-24(38)17-29(22)41-23(2)27-12-10-14-32-33(27)28-11-8-9-13-31(28)44(32)26-18-30(34(35(39)45)40-21-26)42-25-19-36(3,4)43(7)37(5,6)20-25/h8-18,21,25,41-42H,2,19-20H2,1,3-7H3,(H2,39,45). The first-order valence-corrected chi connectivity index (χ1v) is 15.3. The second kappa shape index (κ2) is 11.0. The third-order valence-electron chi connectivity index (χ3n) is 9.54. The monoisotopic (exact) mass is 604 g/mol. The second-order valence-corrected chi connectivity index (χ2v) is 13.5. The van der Waals surface area contributed by atoms with Gasteiger partial charge in [0.15, 0.2) is 5.69 Å². The molecule has 1 saturated heterocycles. The Bertz CT molecular complexity index is 1960. The van der Waals surface area contributed by atoms with Crippen LogP contribution in [0.5, 0.6) is 0 Å². The zero-order valence-electron chi connectivity index (χ0n) is 26.8. The number of aryl methyl sites for hydroxylation is 1. The lowest BCUT2D eigenvalue weighted by Crippen LogP contribution is -2.61. The quantitative estimate of drug-likeness (QED) is 0.176. The van der Waals surface area contributed by atoms with Crippen LogP contribution in [0.15, 0.2) is 79.5 Å². The lowest BCUT2D eigenvalue weighted by Gasteiger charge is -2.54. The molecule has 0 bridgehead atoms. The Balaban J connectivity index is 1.47. The molecular weight excluding hydrogens is 563 g/mol. The van der Waals surface area contributed by atoms with Crippen LogP contribution >= 0.6 is 0 Å². The molecule has 45 heavy (non-hydrogen) atoms. The van der Waals surface area contributed by atoms with Gasteiger partial charge >= 0.3 is 0 Å². The van der Waals surface area contributed by atoms with Crippen LogP contribution in [-0.4, -0.2) is 44.5 Å². The van der Waals surface area contributed by atoms with Crippen molar-refractivity contribution in [3.05, 3.63) is 102 Å². The van der Waals surface area contributed by atoms with Gasteiger partial charge in [0.05, 0.1) is 28.6 Å². The third-order valence-corrected chi connectivity index (χ3v) is 9.54. The molecule has 1 aliphatic rings. The van der Waals surface area contributed by atoms with Crippen molar-refractivity contribution in [3.63, 3.8) is 0 Å². The van der Waals surface area contributed by atoms with Gasteiger partial charge in [-0.05, 0) is 90.4 Å². The van der Waals surface area contributed by atoms with Gasteiger partial charge in [-0.15, -0.1) is 0 Å². The number of nitrogens with one attached hydrogen (secondary N) is 2. The van der Waals surface area contributed by atoms with Crippen LogP contribution in [0.25, 0.3) is 33.2 Å². The Morgan fingerprint density at radius 3 is 2.38 bits per heavy atom. The van der Waals surface area contributed by atoms with Crippen molar-refractivity contribution < 1.29 is 9.18 Å². The molecule has 0 spiro atoms. The number of nitrogens with two attached hydrogens (primary N) is 1. The zero-order valence-corrected chi connectivity index (χ0v) is 26.8. The summed E-state index contributed by atoms with van der Waals surface area (Å²) in [6, 6.07) is 21.0. The van der Waals surface area contributed by atoms with Gasteiger partial charge in [-0.3, -0.25) is 9.69 Å². The van der Waals surface area contributed by atoms with Gasteiger partial charge in [0.25, 0.3) is 5.91 Å². The lowest BCUT2D eigenvalue weighted by molar-refractivity contribution is -0.00768. The number of anilines is 2. The number of fused-ring (bicyclic) bond motifs is 3. The fourth-order valence-corrected chi connectivity index (χ4v) is 7.08. The Morgan fingerprint density at radius 1 is 0.978 bits per heavy atom. The summed E-state index contributed by atoms with van der Waals surface area (Å²) in [5.41, 5.74) is 12.5. The van der Waals surface area contributed by atoms with E-state index >= 15 is 0 Å². The Kier molecular flexibility index (Phi) is 7.44. The molecule has 4 N–H and O–H groups in total. The molecule has 1 fully saturated rings. The average Bonchev–Trinajstić information content (AvgIpc) is 3.32. The van der Waals surface area contributed by atoms with E-state index in [0.717, 1.165) is 51.5 Å². The first-order valence-electron chi connectivity index (χ1n) is 15.3. The van der Waals surface area contributed by atoms with E-state index in [1.54, 1.807) is 12.3 Å². The van der Waals surface area contributed by atoms with E-state index in [1.807, 2.05) is 37.3 Å². The molecule has 3 heterocycles. The molecule has 0 aliphatic carbocycles. The highest BCUT2D eigenvalue weighted by Gasteiger charge is 2.43. The number of benzene rings is 3. The highest BCUT2D eigenvalue weighted by atomic mass is 19.1. The Hall–Kier alpha value is -4.69. The smallest absolute Gasteiger partial charge is 0.269 e. The molecule has 2 aromatic heterocycles. The molecule has 8 heteroatoms. The SMILES string of the molecule is C=C(Nc1cc(F)ccc1C)c1cccc2c1c1ccccc1n2-c1cnc(C(N)=O)c(NC2CC(C)(C)N(C)C(C)(C)C2)c1. The molecule has 1 amide bonds. The van der Waals surface area contributed by atoms with Crippen molar-refractivity contribution >= 4 is 44.8 Å². The maximum atomic E-state index is 14.1. The van der Waals surface area contributed by atoms with E-state index in [2.05, 4.69) is 84.6 Å². The number of likely N-dealkylation sites (tertiary alicyclic amines) is 1. The van der Waals surface area contributed by atoms with Gasteiger partial charge < -0.3 is 20.9 Å². The normalized spacial score (nSPS) is 16.6. The first-order chi connectivity index (χ1) is 21.3. The number of carbonyl (C=O) groups is 1. The topological polar surface area (TPSA) is 88.2 Å².